The third-order valence-corrected chi connectivity index (χ3v) is 4.91. The smallest absolute Gasteiger partial charge is 0.186 e. The molecule has 26 heavy (non-hydrogen) atoms. The van der Waals surface area contributed by atoms with Gasteiger partial charge in [0.15, 0.2) is 11.5 Å². The fourth-order valence-corrected chi connectivity index (χ4v) is 3.53. The molecule has 6 nitrogen and oxygen atoms in total. The van der Waals surface area contributed by atoms with Crippen LogP contribution in [0.1, 0.15) is 33.6 Å². The van der Waals surface area contributed by atoms with Gasteiger partial charge < -0.3 is 5.31 Å². The Hall–Kier alpha value is -2.27. The van der Waals surface area contributed by atoms with Crippen molar-refractivity contribution in [3.05, 3.63) is 46.1 Å². The Labute approximate surface area is 171 Å². The maximum atomic E-state index is 9.25. The van der Waals surface area contributed by atoms with Crippen molar-refractivity contribution in [3.8, 4) is 6.07 Å². The molecule has 1 aromatic carbocycles. The first-order chi connectivity index (χ1) is 15.9. The summed E-state index contributed by atoms with van der Waals surface area (Å²) in [5, 5.41) is 10.1. The molecule has 0 atom stereocenters. The van der Waals surface area contributed by atoms with Crippen LogP contribution in [0.25, 0.3) is 10.3 Å². The van der Waals surface area contributed by atoms with Gasteiger partial charge in [-0.1, -0.05) is 35.0 Å². The minimum absolute atomic E-state index is 0.0146. The summed E-state index contributed by atoms with van der Waals surface area (Å²) >= 11 is 6.99. The highest BCUT2D eigenvalue weighted by molar-refractivity contribution is 7.22. The molecule has 0 amide bonds. The molecule has 1 fully saturated rings. The molecule has 4 rings (SSSR count). The number of benzene rings is 1. The Bertz CT molecular complexity index is 1320. The molecule has 3 aromatic rings. The van der Waals surface area contributed by atoms with Gasteiger partial charge in [0.2, 0.25) is 0 Å². The number of nitrogens with zero attached hydrogens (tertiary/aromatic N) is 5. The standard InChI is InChI=1S/C18H17ClN6S/c19-18-24-17-15(26-18)16(21-11-22-17)23-14-4-6-25(7-5-14)10-13-3-1-2-12(8-13)9-20/h1-3,8,11,14H,4-7,10H2,(H,21,22,23)/i2D,3D,8D,10D2,11D,14D/hD. The molecular formula is C18H17ClN6S. The van der Waals surface area contributed by atoms with Crippen molar-refractivity contribution in [2.45, 2.75) is 25.4 Å². The van der Waals surface area contributed by atoms with Gasteiger partial charge in [0.05, 0.1) is 17.1 Å². The van der Waals surface area contributed by atoms with Crippen molar-refractivity contribution in [3.63, 3.8) is 0 Å². The van der Waals surface area contributed by atoms with E-state index in [1.54, 1.807) is 6.07 Å². The Morgan fingerprint density at radius 2 is 2.35 bits per heavy atom. The number of fused-ring (bicyclic) bond motifs is 1. The fraction of sp³-hybridized carbons (Fsp3) is 0.333. The molecule has 0 spiro atoms. The van der Waals surface area contributed by atoms with Crippen LogP contribution in [0, 0.1) is 11.3 Å². The van der Waals surface area contributed by atoms with E-state index in [9.17, 15) is 5.26 Å². The summed E-state index contributed by atoms with van der Waals surface area (Å²) in [6.07, 6.45) is -0.330. The monoisotopic (exact) mass is 392 g/mol. The number of nitriles is 1. The molecular weight excluding hydrogens is 368 g/mol. The van der Waals surface area contributed by atoms with Crippen LogP contribution in [-0.4, -0.2) is 39.0 Å². The van der Waals surface area contributed by atoms with E-state index in [1.165, 1.54) is 4.90 Å². The molecule has 0 unspecified atom stereocenters. The summed E-state index contributed by atoms with van der Waals surface area (Å²) in [7, 11) is 0. The Kier molecular flexibility index (Phi) is 2.95. The number of piperidine rings is 1. The summed E-state index contributed by atoms with van der Waals surface area (Å²) < 4.78 is 67.1. The van der Waals surface area contributed by atoms with E-state index in [1.807, 2.05) is 0 Å². The van der Waals surface area contributed by atoms with Gasteiger partial charge in [0.25, 0.3) is 0 Å². The number of aromatic nitrogens is 3. The molecule has 8 heteroatoms. The maximum Gasteiger partial charge on any atom is 0.186 e. The molecule has 3 heterocycles. The largest absolute Gasteiger partial charge is 0.366 e. The number of nitrogens with one attached hydrogen (secondary N) is 1. The topological polar surface area (TPSA) is 77.7 Å². The van der Waals surface area contributed by atoms with Gasteiger partial charge in [-0.15, -0.1) is 0 Å². The number of hydrogen-bond acceptors (Lipinski definition) is 7. The van der Waals surface area contributed by atoms with Crippen molar-refractivity contribution in [2.24, 2.45) is 0 Å². The van der Waals surface area contributed by atoms with Gasteiger partial charge in [-0.2, -0.15) is 5.26 Å². The molecule has 2 aromatic heterocycles. The lowest BCUT2D eigenvalue weighted by Crippen LogP contribution is -2.38. The lowest BCUT2D eigenvalue weighted by molar-refractivity contribution is 0.211. The highest BCUT2D eigenvalue weighted by atomic mass is 35.5. The zero-order valence-corrected chi connectivity index (χ0v) is 14.9. The number of likely N-dealkylation sites (tertiary alicyclic amines) is 1. The van der Waals surface area contributed by atoms with Crippen molar-refractivity contribution < 1.29 is 11.0 Å². The molecule has 0 bridgehead atoms. The van der Waals surface area contributed by atoms with Crippen LogP contribution in [0.3, 0.4) is 0 Å². The average molecular weight is 393 g/mol. The van der Waals surface area contributed by atoms with Crippen LogP contribution in [-0.2, 0) is 6.50 Å². The first-order valence-corrected chi connectivity index (χ1v) is 8.94. The summed E-state index contributed by atoms with van der Waals surface area (Å²) in [5.41, 5.74) is -0.450. The zero-order chi connectivity index (χ0) is 25.0. The van der Waals surface area contributed by atoms with Crippen LogP contribution >= 0.6 is 22.9 Å². The third-order valence-electron chi connectivity index (χ3n) is 3.77. The summed E-state index contributed by atoms with van der Waals surface area (Å²) in [5.74, 6) is 0.0254. The fourth-order valence-electron chi connectivity index (χ4n) is 2.55. The first kappa shape index (κ1) is 10.2. The predicted molar refractivity (Wildman–Crippen MR) is 103 cm³/mol. The van der Waals surface area contributed by atoms with E-state index in [4.69, 9.17) is 22.6 Å². The number of thiazole rings is 1. The van der Waals surface area contributed by atoms with Crippen LogP contribution in [0.5, 0.6) is 0 Å². The van der Waals surface area contributed by atoms with E-state index < -0.39 is 18.6 Å². The highest BCUT2D eigenvalue weighted by Crippen LogP contribution is 2.30. The van der Waals surface area contributed by atoms with Crippen LogP contribution in [0.2, 0.25) is 5.88 Å². The first-order valence-electron chi connectivity index (χ1n) is 11.7. The minimum Gasteiger partial charge on any atom is -0.366 e. The maximum absolute atomic E-state index is 9.25. The van der Waals surface area contributed by atoms with E-state index in [2.05, 4.69) is 15.0 Å². The van der Waals surface area contributed by atoms with Gasteiger partial charge in [0.1, 0.15) is 18.2 Å². The molecule has 1 aliphatic heterocycles. The normalized spacial score (nSPS) is 22.0. The minimum atomic E-state index is -2.30. The van der Waals surface area contributed by atoms with Crippen molar-refractivity contribution in [1.82, 2.24) is 19.9 Å². The lowest BCUT2D eigenvalue weighted by atomic mass is 10.0. The lowest BCUT2D eigenvalue weighted by Gasteiger charge is -2.32. The van der Waals surface area contributed by atoms with Crippen molar-refractivity contribution in [2.75, 3.05) is 18.4 Å². The molecule has 1 N–H and O–H groups in total. The van der Waals surface area contributed by atoms with Gasteiger partial charge >= 0.3 is 0 Å². The highest BCUT2D eigenvalue weighted by Gasteiger charge is 2.21. The SMILES string of the molecule is [2H]c1nc(N([2H])C2([2H])CCN(C([2H])([2H])c3c([2H])cc([2H])c(C#N)c3[2H])CC2)c2sc(Cl)nc2n1. The molecule has 0 radical (unpaired) electrons. The quantitative estimate of drug-likeness (QED) is 0.729. The van der Waals surface area contributed by atoms with Gasteiger partial charge in [-0.3, -0.25) is 4.90 Å². The van der Waals surface area contributed by atoms with Crippen molar-refractivity contribution in [1.29, 1.82) is 5.26 Å². The number of hydrogen-bond donors (Lipinski definition) is 1. The van der Waals surface area contributed by atoms with Gasteiger partial charge in [0, 0.05) is 28.3 Å². The molecule has 1 aliphatic rings. The second kappa shape index (κ2) is 7.54. The zero-order valence-electron chi connectivity index (χ0n) is 21.4. The number of anilines is 1. The number of halogens is 1. The average Bonchev–Trinajstić information content (AvgIpc) is 3.12. The van der Waals surface area contributed by atoms with Gasteiger partial charge in [-0.25, -0.2) is 15.0 Å². The Balaban J connectivity index is 1.62. The second-order valence-corrected chi connectivity index (χ2v) is 7.04. The second-order valence-electron chi connectivity index (χ2n) is 5.46. The Morgan fingerprint density at radius 3 is 3.15 bits per heavy atom. The molecule has 132 valence electrons. The van der Waals surface area contributed by atoms with Crippen LogP contribution in [0.15, 0.2) is 30.5 Å². The van der Waals surface area contributed by atoms with Crippen molar-refractivity contribution >= 4 is 39.1 Å². The predicted octanol–water partition coefficient (Wildman–Crippen LogP) is 3.69. The van der Waals surface area contributed by atoms with Crippen LogP contribution < -0.4 is 5.31 Å². The Morgan fingerprint density at radius 1 is 1.50 bits per heavy atom. The summed E-state index contributed by atoms with van der Waals surface area (Å²) in [6, 6.07) is 0.116. The summed E-state index contributed by atoms with van der Waals surface area (Å²) in [4.78, 5) is 13.3. The molecule has 1 saturated heterocycles. The molecule has 0 saturated carbocycles. The number of rotatable bonds is 4. The van der Waals surface area contributed by atoms with Crippen LogP contribution in [0.4, 0.5) is 5.82 Å². The van der Waals surface area contributed by atoms with E-state index >= 15 is 0 Å². The molecule has 0 aliphatic carbocycles. The third kappa shape index (κ3) is 3.78. The van der Waals surface area contributed by atoms with Gasteiger partial charge in [-0.05, 0) is 30.5 Å². The van der Waals surface area contributed by atoms with E-state index in [0.29, 0.717) is 4.70 Å². The van der Waals surface area contributed by atoms with E-state index in [-0.39, 0.29) is 71.4 Å². The van der Waals surface area contributed by atoms with E-state index in [0.717, 1.165) is 22.7 Å². The summed E-state index contributed by atoms with van der Waals surface area (Å²) in [6.45, 7) is -2.27.